The van der Waals surface area contributed by atoms with Gasteiger partial charge in [-0.15, -0.1) is 11.3 Å². The van der Waals surface area contributed by atoms with Crippen molar-refractivity contribution in [2.45, 2.75) is 12.8 Å². The van der Waals surface area contributed by atoms with Gasteiger partial charge >= 0.3 is 0 Å². The van der Waals surface area contributed by atoms with Gasteiger partial charge in [0.15, 0.2) is 0 Å². The van der Waals surface area contributed by atoms with Crippen LogP contribution in [0, 0.1) is 0 Å². The van der Waals surface area contributed by atoms with E-state index in [4.69, 9.17) is 5.73 Å². The Morgan fingerprint density at radius 3 is 2.79 bits per heavy atom. The Balaban J connectivity index is 2.03. The minimum absolute atomic E-state index is 0.211. The van der Waals surface area contributed by atoms with Gasteiger partial charge in [0.05, 0.1) is 5.01 Å². The molecule has 0 spiro atoms. The summed E-state index contributed by atoms with van der Waals surface area (Å²) in [7, 11) is 3.72. The van der Waals surface area contributed by atoms with Crippen LogP contribution in [0.5, 0.6) is 0 Å². The third kappa shape index (κ3) is 3.50. The first-order chi connectivity index (χ1) is 9.06. The fraction of sp³-hybridized carbons (Fsp3) is 0.455. The molecule has 7 nitrogen and oxygen atoms in total. The van der Waals surface area contributed by atoms with Gasteiger partial charge in [0.1, 0.15) is 0 Å². The highest BCUT2D eigenvalue weighted by molar-refractivity contribution is 7.09. The molecule has 8 heteroatoms. The van der Waals surface area contributed by atoms with E-state index in [0.717, 1.165) is 5.01 Å². The number of nitrogens with zero attached hydrogens (tertiary/aromatic N) is 5. The summed E-state index contributed by atoms with van der Waals surface area (Å²) in [4.78, 5) is 18.5. The molecule has 0 fully saturated rings. The second-order valence-corrected chi connectivity index (χ2v) is 5.29. The number of thiazole rings is 1. The van der Waals surface area contributed by atoms with Gasteiger partial charge in [-0.1, -0.05) is 6.92 Å². The number of aromatic nitrogens is 4. The molecule has 0 aliphatic rings. The van der Waals surface area contributed by atoms with Crippen LogP contribution in [0.3, 0.4) is 0 Å². The van der Waals surface area contributed by atoms with Crippen molar-refractivity contribution in [3.63, 3.8) is 0 Å². The molecule has 0 saturated heterocycles. The fourth-order valence-corrected chi connectivity index (χ4v) is 2.17. The van der Waals surface area contributed by atoms with E-state index in [2.05, 4.69) is 32.2 Å². The predicted octanol–water partition coefficient (Wildman–Crippen LogP) is 1.19. The Labute approximate surface area is 115 Å². The molecular weight excluding hydrogens is 262 g/mol. The second-order valence-electron chi connectivity index (χ2n) is 4.36. The van der Waals surface area contributed by atoms with E-state index in [1.165, 1.54) is 0 Å². The Morgan fingerprint density at radius 1 is 1.37 bits per heavy atom. The minimum Gasteiger partial charge on any atom is -0.368 e. The summed E-state index contributed by atoms with van der Waals surface area (Å²) in [5.41, 5.74) is 5.66. The van der Waals surface area contributed by atoms with Crippen molar-refractivity contribution >= 4 is 29.2 Å². The summed E-state index contributed by atoms with van der Waals surface area (Å²) in [5, 5.41) is 6.22. The molecule has 0 aliphatic carbocycles. The Hall–Kier alpha value is -1.96. The van der Waals surface area contributed by atoms with Crippen molar-refractivity contribution in [1.29, 1.82) is 0 Å². The van der Waals surface area contributed by atoms with Crippen LogP contribution in [0.1, 0.15) is 17.8 Å². The van der Waals surface area contributed by atoms with Crippen LogP contribution in [-0.4, -0.2) is 40.6 Å². The molecule has 0 amide bonds. The summed E-state index contributed by atoms with van der Waals surface area (Å²) in [6, 6.07) is 0. The first-order valence-electron chi connectivity index (χ1n) is 5.88. The van der Waals surface area contributed by atoms with Gasteiger partial charge in [0, 0.05) is 38.1 Å². The molecule has 2 aromatic heterocycles. The van der Waals surface area contributed by atoms with Crippen molar-refractivity contribution in [2.75, 3.05) is 36.6 Å². The van der Waals surface area contributed by atoms with Gasteiger partial charge in [-0.05, 0) is 0 Å². The molecule has 0 radical (unpaired) electrons. The first-order valence-corrected chi connectivity index (χ1v) is 6.76. The minimum atomic E-state index is 0.211. The topological polar surface area (TPSA) is 92.8 Å². The third-order valence-corrected chi connectivity index (χ3v) is 3.49. The monoisotopic (exact) mass is 279 g/mol. The van der Waals surface area contributed by atoms with Crippen molar-refractivity contribution in [3.05, 3.63) is 16.6 Å². The molecule has 3 N–H and O–H groups in total. The molecule has 102 valence electrons. The summed E-state index contributed by atoms with van der Waals surface area (Å²) < 4.78 is 0. The van der Waals surface area contributed by atoms with E-state index in [1.807, 2.05) is 25.7 Å². The molecule has 0 aliphatic heterocycles. The maximum atomic E-state index is 5.66. The molecule has 2 heterocycles. The number of hydrogen-bond donors (Lipinski definition) is 2. The molecule has 1 unspecified atom stereocenters. The van der Waals surface area contributed by atoms with Gasteiger partial charge in [0.2, 0.25) is 17.8 Å². The van der Waals surface area contributed by atoms with Gasteiger partial charge in [-0.3, -0.25) is 0 Å². The van der Waals surface area contributed by atoms with Crippen molar-refractivity contribution < 1.29 is 0 Å². The maximum absolute atomic E-state index is 5.66. The van der Waals surface area contributed by atoms with Crippen LogP contribution in [0.2, 0.25) is 0 Å². The zero-order chi connectivity index (χ0) is 13.8. The first kappa shape index (κ1) is 13.5. The number of nitrogens with one attached hydrogen (secondary N) is 1. The van der Waals surface area contributed by atoms with E-state index >= 15 is 0 Å². The second kappa shape index (κ2) is 5.79. The largest absolute Gasteiger partial charge is 0.368 e. The SMILES string of the molecule is CC(CNc1nc(N)nc(N(C)C)n1)c1nccs1. The van der Waals surface area contributed by atoms with E-state index in [0.29, 0.717) is 24.4 Å². The molecule has 0 saturated carbocycles. The quantitative estimate of drug-likeness (QED) is 0.849. The summed E-state index contributed by atoms with van der Waals surface area (Å²) in [5.74, 6) is 1.53. The summed E-state index contributed by atoms with van der Waals surface area (Å²) in [6.45, 7) is 2.80. The predicted molar refractivity (Wildman–Crippen MR) is 77.6 cm³/mol. The molecule has 1 atom stereocenters. The van der Waals surface area contributed by atoms with Crippen LogP contribution in [-0.2, 0) is 0 Å². The molecule has 2 aromatic rings. The van der Waals surface area contributed by atoms with E-state index in [9.17, 15) is 0 Å². The maximum Gasteiger partial charge on any atom is 0.231 e. The normalized spacial score (nSPS) is 12.2. The highest BCUT2D eigenvalue weighted by Gasteiger charge is 2.10. The van der Waals surface area contributed by atoms with Crippen LogP contribution >= 0.6 is 11.3 Å². The Bertz CT molecular complexity index is 526. The lowest BCUT2D eigenvalue weighted by atomic mass is 10.2. The van der Waals surface area contributed by atoms with Crippen LogP contribution < -0.4 is 16.0 Å². The number of nitrogens with two attached hydrogens (primary N) is 1. The van der Waals surface area contributed by atoms with Crippen LogP contribution in [0.15, 0.2) is 11.6 Å². The van der Waals surface area contributed by atoms with Crippen molar-refractivity contribution in [3.8, 4) is 0 Å². The number of hydrogen-bond acceptors (Lipinski definition) is 8. The van der Waals surface area contributed by atoms with E-state index < -0.39 is 0 Å². The van der Waals surface area contributed by atoms with Crippen LogP contribution in [0.4, 0.5) is 17.8 Å². The molecule has 2 rings (SSSR count). The molecule has 19 heavy (non-hydrogen) atoms. The smallest absolute Gasteiger partial charge is 0.231 e. The lowest BCUT2D eigenvalue weighted by Gasteiger charge is -2.13. The van der Waals surface area contributed by atoms with Gasteiger partial charge < -0.3 is 16.0 Å². The average Bonchev–Trinajstić information content (AvgIpc) is 2.89. The van der Waals surface area contributed by atoms with Crippen molar-refractivity contribution in [1.82, 2.24) is 19.9 Å². The standard InChI is InChI=1S/C11H17N7S/c1-7(8-13-4-5-19-8)6-14-10-15-9(12)16-11(17-10)18(2)3/h4-5,7H,6H2,1-3H3,(H3,12,14,15,16,17). The Kier molecular flexibility index (Phi) is 4.10. The van der Waals surface area contributed by atoms with E-state index in [-0.39, 0.29) is 5.95 Å². The van der Waals surface area contributed by atoms with Gasteiger partial charge in [-0.25, -0.2) is 4.98 Å². The molecule has 0 bridgehead atoms. The van der Waals surface area contributed by atoms with Crippen molar-refractivity contribution in [2.24, 2.45) is 0 Å². The lowest BCUT2D eigenvalue weighted by molar-refractivity contribution is 0.785. The lowest BCUT2D eigenvalue weighted by Crippen LogP contribution is -2.18. The average molecular weight is 279 g/mol. The zero-order valence-electron chi connectivity index (χ0n) is 11.2. The number of rotatable bonds is 5. The summed E-state index contributed by atoms with van der Waals surface area (Å²) in [6.07, 6.45) is 1.81. The molecular formula is C11H17N7S. The van der Waals surface area contributed by atoms with Gasteiger partial charge in [0.25, 0.3) is 0 Å². The number of anilines is 3. The summed E-state index contributed by atoms with van der Waals surface area (Å²) >= 11 is 1.64. The van der Waals surface area contributed by atoms with Gasteiger partial charge in [-0.2, -0.15) is 15.0 Å². The third-order valence-electron chi connectivity index (χ3n) is 2.48. The zero-order valence-corrected chi connectivity index (χ0v) is 12.0. The van der Waals surface area contributed by atoms with Crippen LogP contribution in [0.25, 0.3) is 0 Å². The number of nitrogen functional groups attached to an aromatic ring is 1. The Morgan fingerprint density at radius 2 is 2.16 bits per heavy atom. The fourth-order valence-electron chi connectivity index (χ4n) is 1.47. The highest BCUT2D eigenvalue weighted by Crippen LogP contribution is 2.18. The highest BCUT2D eigenvalue weighted by atomic mass is 32.1. The van der Waals surface area contributed by atoms with E-state index in [1.54, 1.807) is 16.2 Å². The molecule has 0 aromatic carbocycles.